The van der Waals surface area contributed by atoms with Gasteiger partial charge in [-0.2, -0.15) is 0 Å². The first kappa shape index (κ1) is 11.0. The molecule has 0 saturated heterocycles. The van der Waals surface area contributed by atoms with E-state index in [1.165, 1.54) is 32.1 Å². The lowest BCUT2D eigenvalue weighted by molar-refractivity contribution is 0.395. The highest BCUT2D eigenvalue weighted by Crippen LogP contribution is 2.38. The summed E-state index contributed by atoms with van der Waals surface area (Å²) in [4.78, 5) is 0. The first-order valence-electron chi connectivity index (χ1n) is 5.85. The minimum absolute atomic E-state index is 0.446. The van der Waals surface area contributed by atoms with Gasteiger partial charge in [-0.1, -0.05) is 20.8 Å². The van der Waals surface area contributed by atoms with E-state index in [0.29, 0.717) is 6.04 Å². The van der Waals surface area contributed by atoms with E-state index in [9.17, 15) is 0 Å². The Morgan fingerprint density at radius 2 is 1.77 bits per heavy atom. The van der Waals surface area contributed by atoms with Crippen LogP contribution in [-0.4, -0.2) is 6.04 Å². The molecule has 1 heteroatoms. The van der Waals surface area contributed by atoms with Gasteiger partial charge in [0.25, 0.3) is 0 Å². The quantitative estimate of drug-likeness (QED) is 0.672. The molecule has 0 aromatic heterocycles. The topological polar surface area (TPSA) is 26.0 Å². The minimum Gasteiger partial charge on any atom is -0.328 e. The van der Waals surface area contributed by atoms with Crippen LogP contribution in [0.5, 0.6) is 0 Å². The number of hydrogen-bond acceptors (Lipinski definition) is 1. The van der Waals surface area contributed by atoms with Gasteiger partial charge in [0, 0.05) is 6.04 Å². The van der Waals surface area contributed by atoms with Crippen molar-refractivity contribution >= 4 is 0 Å². The first-order valence-corrected chi connectivity index (χ1v) is 5.85. The van der Waals surface area contributed by atoms with Gasteiger partial charge in [0.2, 0.25) is 0 Å². The molecule has 0 amide bonds. The maximum Gasteiger partial charge on any atom is 0.00413 e. The van der Waals surface area contributed by atoms with E-state index in [-0.39, 0.29) is 0 Å². The predicted octanol–water partition coefficient (Wildman–Crippen LogP) is 3.19. The molecule has 0 spiro atoms. The van der Waals surface area contributed by atoms with Crippen molar-refractivity contribution in [2.45, 2.75) is 58.9 Å². The van der Waals surface area contributed by atoms with Crippen molar-refractivity contribution in [3.05, 3.63) is 0 Å². The normalized spacial score (nSPS) is 21.9. The SMILES string of the molecule is CC(C)CC(N)CCC(C)C1CC1. The molecule has 1 aliphatic carbocycles. The van der Waals surface area contributed by atoms with Crippen molar-refractivity contribution in [3.8, 4) is 0 Å². The highest BCUT2D eigenvalue weighted by molar-refractivity contribution is 4.79. The molecule has 0 bridgehead atoms. The van der Waals surface area contributed by atoms with E-state index in [1.807, 2.05) is 0 Å². The van der Waals surface area contributed by atoms with E-state index in [0.717, 1.165) is 17.8 Å². The van der Waals surface area contributed by atoms with Gasteiger partial charge in [-0.15, -0.1) is 0 Å². The lowest BCUT2D eigenvalue weighted by atomic mass is 9.94. The zero-order valence-corrected chi connectivity index (χ0v) is 9.42. The van der Waals surface area contributed by atoms with Gasteiger partial charge in [0.1, 0.15) is 0 Å². The summed E-state index contributed by atoms with van der Waals surface area (Å²) in [5, 5.41) is 0. The summed E-state index contributed by atoms with van der Waals surface area (Å²) < 4.78 is 0. The molecule has 13 heavy (non-hydrogen) atoms. The Labute approximate surface area is 83.1 Å². The summed E-state index contributed by atoms with van der Waals surface area (Å²) in [7, 11) is 0. The number of hydrogen-bond donors (Lipinski definition) is 1. The van der Waals surface area contributed by atoms with E-state index in [4.69, 9.17) is 5.73 Å². The average Bonchev–Trinajstić information content (AvgIpc) is 2.80. The fourth-order valence-electron chi connectivity index (χ4n) is 2.10. The highest BCUT2D eigenvalue weighted by atomic mass is 14.6. The Bertz CT molecular complexity index is 138. The van der Waals surface area contributed by atoms with E-state index >= 15 is 0 Å². The van der Waals surface area contributed by atoms with Crippen LogP contribution in [0, 0.1) is 17.8 Å². The molecule has 2 N–H and O–H groups in total. The first-order chi connectivity index (χ1) is 6.09. The summed E-state index contributed by atoms with van der Waals surface area (Å²) >= 11 is 0. The molecule has 0 aromatic rings. The van der Waals surface area contributed by atoms with Crippen molar-refractivity contribution in [1.29, 1.82) is 0 Å². The molecule has 0 aliphatic heterocycles. The monoisotopic (exact) mass is 183 g/mol. The van der Waals surface area contributed by atoms with Gasteiger partial charge < -0.3 is 5.73 Å². The van der Waals surface area contributed by atoms with E-state index in [1.54, 1.807) is 0 Å². The fraction of sp³-hybridized carbons (Fsp3) is 1.00. The summed E-state index contributed by atoms with van der Waals surface area (Å²) in [6.45, 7) is 6.90. The molecular weight excluding hydrogens is 158 g/mol. The Morgan fingerprint density at radius 1 is 1.15 bits per heavy atom. The molecule has 1 saturated carbocycles. The Morgan fingerprint density at radius 3 is 2.23 bits per heavy atom. The molecule has 0 aromatic carbocycles. The zero-order valence-electron chi connectivity index (χ0n) is 9.42. The second-order valence-electron chi connectivity index (χ2n) is 5.28. The second-order valence-corrected chi connectivity index (χ2v) is 5.28. The van der Waals surface area contributed by atoms with Crippen molar-refractivity contribution < 1.29 is 0 Å². The van der Waals surface area contributed by atoms with Crippen LogP contribution in [0.15, 0.2) is 0 Å². The second kappa shape index (κ2) is 4.99. The molecule has 1 rings (SSSR count). The predicted molar refractivity (Wildman–Crippen MR) is 58.6 cm³/mol. The van der Waals surface area contributed by atoms with Crippen molar-refractivity contribution in [2.24, 2.45) is 23.5 Å². The van der Waals surface area contributed by atoms with Gasteiger partial charge in [0.15, 0.2) is 0 Å². The Hall–Kier alpha value is -0.0400. The van der Waals surface area contributed by atoms with Crippen molar-refractivity contribution in [3.63, 3.8) is 0 Å². The van der Waals surface area contributed by atoms with Crippen LogP contribution < -0.4 is 5.73 Å². The van der Waals surface area contributed by atoms with Gasteiger partial charge in [0.05, 0.1) is 0 Å². The van der Waals surface area contributed by atoms with Crippen LogP contribution >= 0.6 is 0 Å². The summed E-state index contributed by atoms with van der Waals surface area (Å²) in [5.41, 5.74) is 6.04. The summed E-state index contributed by atoms with van der Waals surface area (Å²) in [6, 6.07) is 0.446. The lowest BCUT2D eigenvalue weighted by Gasteiger charge is -2.16. The van der Waals surface area contributed by atoms with E-state index < -0.39 is 0 Å². The third-order valence-electron chi connectivity index (χ3n) is 3.19. The van der Waals surface area contributed by atoms with Crippen molar-refractivity contribution in [2.75, 3.05) is 0 Å². The smallest absolute Gasteiger partial charge is 0.00413 e. The Balaban J connectivity index is 2.03. The fourth-order valence-corrected chi connectivity index (χ4v) is 2.10. The van der Waals surface area contributed by atoms with Gasteiger partial charge in [-0.3, -0.25) is 0 Å². The largest absolute Gasteiger partial charge is 0.328 e. The molecule has 0 heterocycles. The third-order valence-corrected chi connectivity index (χ3v) is 3.19. The van der Waals surface area contributed by atoms with Crippen LogP contribution in [0.2, 0.25) is 0 Å². The standard InChI is InChI=1S/C12H25N/c1-9(2)8-12(13)7-4-10(3)11-5-6-11/h9-12H,4-8,13H2,1-3H3. The molecule has 1 nitrogen and oxygen atoms in total. The van der Waals surface area contributed by atoms with Crippen LogP contribution in [0.1, 0.15) is 52.9 Å². The number of rotatable bonds is 6. The molecule has 2 atom stereocenters. The molecule has 1 fully saturated rings. The minimum atomic E-state index is 0.446. The van der Waals surface area contributed by atoms with Crippen LogP contribution in [0.25, 0.3) is 0 Å². The lowest BCUT2D eigenvalue weighted by Crippen LogP contribution is -2.22. The van der Waals surface area contributed by atoms with Gasteiger partial charge in [-0.25, -0.2) is 0 Å². The van der Waals surface area contributed by atoms with Crippen LogP contribution in [0.3, 0.4) is 0 Å². The average molecular weight is 183 g/mol. The zero-order chi connectivity index (χ0) is 9.84. The molecule has 0 radical (unpaired) electrons. The number of nitrogens with two attached hydrogens (primary N) is 1. The third kappa shape index (κ3) is 4.66. The highest BCUT2D eigenvalue weighted by Gasteiger charge is 2.27. The van der Waals surface area contributed by atoms with Crippen LogP contribution in [0.4, 0.5) is 0 Å². The summed E-state index contributed by atoms with van der Waals surface area (Å²) in [5.74, 6) is 2.73. The Kier molecular flexibility index (Phi) is 4.24. The van der Waals surface area contributed by atoms with Crippen molar-refractivity contribution in [1.82, 2.24) is 0 Å². The van der Waals surface area contributed by atoms with Crippen LogP contribution in [-0.2, 0) is 0 Å². The maximum atomic E-state index is 6.04. The molecule has 1 aliphatic rings. The van der Waals surface area contributed by atoms with Gasteiger partial charge >= 0.3 is 0 Å². The van der Waals surface area contributed by atoms with Gasteiger partial charge in [-0.05, 0) is 49.9 Å². The molecular formula is C12H25N. The van der Waals surface area contributed by atoms with E-state index in [2.05, 4.69) is 20.8 Å². The summed E-state index contributed by atoms with van der Waals surface area (Å²) in [6.07, 6.45) is 6.72. The maximum absolute atomic E-state index is 6.04. The molecule has 78 valence electrons. The molecule has 2 unspecified atom stereocenters.